The monoisotopic (exact) mass is 367 g/mol. The van der Waals surface area contributed by atoms with E-state index in [1.807, 2.05) is 26.0 Å². The molecule has 7 heteroatoms. The van der Waals surface area contributed by atoms with Crippen LogP contribution in [-0.4, -0.2) is 55.5 Å². The molecule has 0 atom stereocenters. The van der Waals surface area contributed by atoms with Gasteiger partial charge in [0.1, 0.15) is 5.76 Å². The second-order valence-electron chi connectivity index (χ2n) is 7.66. The first kappa shape index (κ1) is 18.3. The van der Waals surface area contributed by atoms with Crippen LogP contribution in [0.4, 0.5) is 0 Å². The zero-order chi connectivity index (χ0) is 17.9. The van der Waals surface area contributed by atoms with Gasteiger partial charge in [-0.3, -0.25) is 4.99 Å². The number of sulfone groups is 1. The predicted molar refractivity (Wildman–Crippen MR) is 99.5 cm³/mol. The Bertz CT molecular complexity index is 689. The minimum atomic E-state index is -3.05. The van der Waals surface area contributed by atoms with Crippen LogP contribution in [0.15, 0.2) is 27.8 Å². The lowest BCUT2D eigenvalue weighted by molar-refractivity contribution is 0.347. The van der Waals surface area contributed by atoms with Crippen molar-refractivity contribution in [2.45, 2.75) is 56.7 Å². The molecule has 1 aliphatic carbocycles. The van der Waals surface area contributed by atoms with E-state index in [1.54, 1.807) is 6.26 Å². The number of hydrogen-bond donors (Lipinski definition) is 1. The number of aliphatic imine (C=N–C) groups is 1. The van der Waals surface area contributed by atoms with Crippen molar-refractivity contribution in [1.82, 2.24) is 10.2 Å². The summed E-state index contributed by atoms with van der Waals surface area (Å²) in [4.78, 5) is 6.89. The zero-order valence-corrected chi connectivity index (χ0v) is 16.0. The van der Waals surface area contributed by atoms with Gasteiger partial charge in [0.05, 0.1) is 16.8 Å². The van der Waals surface area contributed by atoms with E-state index in [4.69, 9.17) is 9.41 Å². The maximum Gasteiger partial charge on any atom is 0.194 e. The molecule has 1 saturated heterocycles. The third-order valence-corrected chi connectivity index (χ3v) is 7.76. The molecule has 6 nitrogen and oxygen atoms in total. The first-order valence-electron chi connectivity index (χ1n) is 9.18. The molecule has 0 amide bonds. The molecule has 1 saturated carbocycles. The minimum Gasteiger partial charge on any atom is -0.469 e. The van der Waals surface area contributed by atoms with Crippen molar-refractivity contribution < 1.29 is 12.8 Å². The van der Waals surface area contributed by atoms with E-state index in [9.17, 15) is 8.42 Å². The predicted octanol–water partition coefficient (Wildman–Crippen LogP) is 2.22. The number of nitrogens with zero attached hydrogens (tertiary/aromatic N) is 2. The van der Waals surface area contributed by atoms with Crippen molar-refractivity contribution in [2.75, 3.05) is 25.4 Å². The van der Waals surface area contributed by atoms with Gasteiger partial charge in [0.25, 0.3) is 0 Å². The third-order valence-electron chi connectivity index (χ3n) is 5.23. The highest BCUT2D eigenvalue weighted by atomic mass is 32.2. The summed E-state index contributed by atoms with van der Waals surface area (Å²) in [5.74, 6) is 1.95. The zero-order valence-electron chi connectivity index (χ0n) is 15.2. The van der Waals surface area contributed by atoms with Crippen LogP contribution in [0.25, 0.3) is 0 Å². The summed E-state index contributed by atoms with van der Waals surface area (Å²) in [6.07, 6.45) is 7.24. The summed E-state index contributed by atoms with van der Waals surface area (Å²) in [6, 6.07) is 4.29. The van der Waals surface area contributed by atoms with Crippen molar-refractivity contribution in [3.05, 3.63) is 24.2 Å². The standard InChI is InChI=1S/C18H29N3O3S/c1-18(2)14-21(11-13-25(18,22)23)17(20-15-6-3-4-7-15)19-10-9-16-8-5-12-24-16/h5,8,12,15H,3-4,6-7,9-11,13-14H2,1-2H3,(H,19,20). The van der Waals surface area contributed by atoms with Gasteiger partial charge in [-0.15, -0.1) is 0 Å². The minimum absolute atomic E-state index is 0.184. The summed E-state index contributed by atoms with van der Waals surface area (Å²) >= 11 is 0. The number of furan rings is 1. The van der Waals surface area contributed by atoms with Crippen LogP contribution in [-0.2, 0) is 16.3 Å². The molecule has 3 rings (SSSR count). The molecule has 1 aliphatic heterocycles. The third kappa shape index (κ3) is 4.37. The Morgan fingerprint density at radius 2 is 2.16 bits per heavy atom. The molecule has 0 radical (unpaired) electrons. The average molecular weight is 368 g/mol. The van der Waals surface area contributed by atoms with Crippen LogP contribution in [0.3, 0.4) is 0 Å². The average Bonchev–Trinajstić information content (AvgIpc) is 3.22. The highest BCUT2D eigenvalue weighted by Gasteiger charge is 2.41. The molecule has 1 N–H and O–H groups in total. The molecule has 140 valence electrons. The van der Waals surface area contributed by atoms with E-state index in [-0.39, 0.29) is 5.75 Å². The van der Waals surface area contributed by atoms with E-state index in [1.165, 1.54) is 12.8 Å². The van der Waals surface area contributed by atoms with E-state index >= 15 is 0 Å². The number of hydrogen-bond acceptors (Lipinski definition) is 4. The van der Waals surface area contributed by atoms with Crippen LogP contribution < -0.4 is 5.32 Å². The Hall–Kier alpha value is -1.50. The molecule has 2 aliphatic rings. The lowest BCUT2D eigenvalue weighted by atomic mass is 10.2. The van der Waals surface area contributed by atoms with Gasteiger partial charge in [-0.2, -0.15) is 0 Å². The van der Waals surface area contributed by atoms with Crippen molar-refractivity contribution in [1.29, 1.82) is 0 Å². The van der Waals surface area contributed by atoms with Crippen molar-refractivity contribution in [3.8, 4) is 0 Å². The fourth-order valence-corrected chi connectivity index (χ4v) is 4.91. The maximum absolute atomic E-state index is 12.3. The fourth-order valence-electron chi connectivity index (χ4n) is 3.54. The van der Waals surface area contributed by atoms with Crippen LogP contribution in [0.2, 0.25) is 0 Å². The molecule has 1 aromatic rings. The summed E-state index contributed by atoms with van der Waals surface area (Å²) in [7, 11) is -3.05. The molecule has 1 aromatic heterocycles. The molecule has 0 spiro atoms. The molecule has 2 heterocycles. The second kappa shape index (κ2) is 7.40. The Labute approximate surface area is 150 Å². The van der Waals surface area contributed by atoms with Gasteiger partial charge in [0, 0.05) is 32.1 Å². The summed E-state index contributed by atoms with van der Waals surface area (Å²) in [6.45, 7) is 5.24. The van der Waals surface area contributed by atoms with E-state index < -0.39 is 14.6 Å². The van der Waals surface area contributed by atoms with Gasteiger partial charge in [0.2, 0.25) is 0 Å². The summed E-state index contributed by atoms with van der Waals surface area (Å²) in [5.41, 5.74) is 0. The van der Waals surface area contributed by atoms with Gasteiger partial charge in [-0.05, 0) is 38.8 Å². The van der Waals surface area contributed by atoms with Crippen molar-refractivity contribution >= 4 is 15.8 Å². The van der Waals surface area contributed by atoms with Crippen LogP contribution in [0, 0.1) is 0 Å². The molecule has 2 fully saturated rings. The first-order chi connectivity index (χ1) is 11.9. The van der Waals surface area contributed by atoms with E-state index in [2.05, 4.69) is 10.2 Å². The van der Waals surface area contributed by atoms with Crippen LogP contribution in [0.5, 0.6) is 0 Å². The molecule has 25 heavy (non-hydrogen) atoms. The van der Waals surface area contributed by atoms with E-state index in [0.29, 0.717) is 25.7 Å². The quantitative estimate of drug-likeness (QED) is 0.652. The topological polar surface area (TPSA) is 74.9 Å². The normalized spacial score (nSPS) is 23.8. The largest absolute Gasteiger partial charge is 0.469 e. The molecular weight excluding hydrogens is 338 g/mol. The van der Waals surface area contributed by atoms with Gasteiger partial charge in [0.15, 0.2) is 15.8 Å². The summed E-state index contributed by atoms with van der Waals surface area (Å²) in [5, 5.41) is 3.58. The van der Waals surface area contributed by atoms with Gasteiger partial charge in [-0.25, -0.2) is 8.42 Å². The lowest BCUT2D eigenvalue weighted by Crippen LogP contribution is -2.58. The van der Waals surface area contributed by atoms with Gasteiger partial charge >= 0.3 is 0 Å². The van der Waals surface area contributed by atoms with Crippen LogP contribution >= 0.6 is 0 Å². The highest BCUT2D eigenvalue weighted by Crippen LogP contribution is 2.24. The number of rotatable bonds is 4. The van der Waals surface area contributed by atoms with Gasteiger partial charge < -0.3 is 14.6 Å². The molecule has 0 unspecified atom stereocenters. The second-order valence-corrected chi connectivity index (χ2v) is 10.4. The highest BCUT2D eigenvalue weighted by molar-refractivity contribution is 7.92. The summed E-state index contributed by atoms with van der Waals surface area (Å²) < 4.78 is 29.2. The SMILES string of the molecule is CC1(C)CN(C(=NCCc2ccco2)NC2CCCC2)CCS1(=O)=O. The Morgan fingerprint density at radius 1 is 1.40 bits per heavy atom. The smallest absolute Gasteiger partial charge is 0.194 e. The fraction of sp³-hybridized carbons (Fsp3) is 0.722. The molecule has 0 bridgehead atoms. The van der Waals surface area contributed by atoms with Crippen molar-refractivity contribution in [2.24, 2.45) is 4.99 Å². The number of nitrogens with one attached hydrogen (secondary N) is 1. The van der Waals surface area contributed by atoms with Crippen LogP contribution in [0.1, 0.15) is 45.3 Å². The first-order valence-corrected chi connectivity index (χ1v) is 10.8. The van der Waals surface area contributed by atoms with Crippen molar-refractivity contribution in [3.63, 3.8) is 0 Å². The lowest BCUT2D eigenvalue weighted by Gasteiger charge is -2.39. The molecule has 0 aromatic carbocycles. The molecular formula is C18H29N3O3S. The Morgan fingerprint density at radius 3 is 2.80 bits per heavy atom. The Kier molecular flexibility index (Phi) is 5.41. The Balaban J connectivity index is 1.71. The number of guanidine groups is 1. The van der Waals surface area contributed by atoms with Gasteiger partial charge in [-0.1, -0.05) is 12.8 Å². The van der Waals surface area contributed by atoms with E-state index in [0.717, 1.165) is 31.0 Å². The maximum atomic E-state index is 12.3.